The Morgan fingerprint density at radius 1 is 1.20 bits per heavy atom. The minimum absolute atomic E-state index is 0.163. The lowest BCUT2D eigenvalue weighted by Crippen LogP contribution is -2.16. The molecule has 2 rings (SSSR count). The molecule has 1 aromatic carbocycles. The van der Waals surface area contributed by atoms with Crippen molar-refractivity contribution in [2.45, 2.75) is 20.8 Å². The highest BCUT2D eigenvalue weighted by atomic mass is 16.7. The van der Waals surface area contributed by atoms with Crippen LogP contribution in [-0.4, -0.2) is 13.4 Å². The van der Waals surface area contributed by atoms with Crippen LogP contribution in [0.2, 0.25) is 0 Å². The first-order valence-corrected chi connectivity index (χ1v) is 5.07. The smallest absolute Gasteiger partial charge is 0.231 e. The summed E-state index contributed by atoms with van der Waals surface area (Å²) in [7, 11) is 0. The van der Waals surface area contributed by atoms with Crippen LogP contribution < -0.4 is 14.2 Å². The number of ether oxygens (including phenoxy) is 3. The van der Waals surface area contributed by atoms with Gasteiger partial charge in [0, 0.05) is 6.07 Å². The summed E-state index contributed by atoms with van der Waals surface area (Å²) in [6, 6.07) is 5.65. The molecule has 0 atom stereocenters. The summed E-state index contributed by atoms with van der Waals surface area (Å²) in [5.74, 6) is 2.38. The molecule has 0 bridgehead atoms. The summed E-state index contributed by atoms with van der Waals surface area (Å²) in [5.41, 5.74) is 0.163. The molecule has 1 aromatic rings. The van der Waals surface area contributed by atoms with E-state index in [0.29, 0.717) is 13.4 Å². The van der Waals surface area contributed by atoms with Crippen LogP contribution in [0.1, 0.15) is 20.8 Å². The molecule has 3 heteroatoms. The number of rotatable bonds is 2. The molecule has 0 aromatic heterocycles. The quantitative estimate of drug-likeness (QED) is 0.748. The van der Waals surface area contributed by atoms with Crippen LogP contribution in [0.3, 0.4) is 0 Å². The Morgan fingerprint density at radius 3 is 2.67 bits per heavy atom. The molecule has 1 aliphatic heterocycles. The summed E-state index contributed by atoms with van der Waals surface area (Å²) in [6.45, 7) is 7.41. The second-order valence-electron chi connectivity index (χ2n) is 4.86. The van der Waals surface area contributed by atoms with E-state index in [9.17, 15) is 0 Å². The summed E-state index contributed by atoms with van der Waals surface area (Å²) >= 11 is 0. The van der Waals surface area contributed by atoms with Crippen molar-refractivity contribution in [2.24, 2.45) is 5.41 Å². The van der Waals surface area contributed by atoms with Crippen LogP contribution in [-0.2, 0) is 0 Å². The van der Waals surface area contributed by atoms with Crippen molar-refractivity contribution >= 4 is 0 Å². The van der Waals surface area contributed by atoms with Crippen molar-refractivity contribution < 1.29 is 14.2 Å². The van der Waals surface area contributed by atoms with Gasteiger partial charge in [0.15, 0.2) is 11.5 Å². The molecule has 0 amide bonds. The Hall–Kier alpha value is -1.38. The van der Waals surface area contributed by atoms with Gasteiger partial charge in [0.05, 0.1) is 6.61 Å². The van der Waals surface area contributed by atoms with Crippen molar-refractivity contribution in [3.63, 3.8) is 0 Å². The lowest BCUT2D eigenvalue weighted by atomic mass is 9.99. The van der Waals surface area contributed by atoms with Gasteiger partial charge in [0.2, 0.25) is 6.79 Å². The lowest BCUT2D eigenvalue weighted by Gasteiger charge is -2.18. The molecule has 0 saturated heterocycles. The molecule has 0 saturated carbocycles. The van der Waals surface area contributed by atoms with E-state index in [4.69, 9.17) is 14.2 Å². The molecule has 0 N–H and O–H groups in total. The fraction of sp³-hybridized carbons (Fsp3) is 0.500. The van der Waals surface area contributed by atoms with Crippen LogP contribution in [0.15, 0.2) is 18.2 Å². The molecule has 1 aliphatic rings. The average Bonchev–Trinajstić information content (AvgIpc) is 2.60. The van der Waals surface area contributed by atoms with E-state index >= 15 is 0 Å². The third-order valence-electron chi connectivity index (χ3n) is 2.02. The van der Waals surface area contributed by atoms with Gasteiger partial charge in [0.1, 0.15) is 5.75 Å². The standard InChI is InChI=1S/C12H16O3/c1-12(2,3)7-13-9-4-5-10-11(6-9)15-8-14-10/h4-6H,7-8H2,1-3H3. The molecular formula is C12H16O3. The highest BCUT2D eigenvalue weighted by molar-refractivity contribution is 5.46. The summed E-state index contributed by atoms with van der Waals surface area (Å²) in [6.07, 6.45) is 0. The Balaban J connectivity index is 2.04. The maximum absolute atomic E-state index is 5.66. The van der Waals surface area contributed by atoms with Gasteiger partial charge in [-0.15, -0.1) is 0 Å². The predicted octanol–water partition coefficient (Wildman–Crippen LogP) is 2.84. The average molecular weight is 208 g/mol. The molecule has 0 aliphatic carbocycles. The SMILES string of the molecule is CC(C)(C)COc1ccc2c(c1)OCO2. The normalized spacial score (nSPS) is 14.1. The number of hydrogen-bond acceptors (Lipinski definition) is 3. The van der Waals surface area contributed by atoms with Gasteiger partial charge in [-0.25, -0.2) is 0 Å². The van der Waals surface area contributed by atoms with Crippen molar-refractivity contribution in [3.8, 4) is 17.2 Å². The molecule has 0 radical (unpaired) electrons. The van der Waals surface area contributed by atoms with Crippen LogP contribution in [0.25, 0.3) is 0 Å². The fourth-order valence-electron chi connectivity index (χ4n) is 1.27. The predicted molar refractivity (Wildman–Crippen MR) is 57.5 cm³/mol. The first-order chi connectivity index (χ1) is 7.04. The van der Waals surface area contributed by atoms with E-state index in [0.717, 1.165) is 17.2 Å². The van der Waals surface area contributed by atoms with Gasteiger partial charge in [0.25, 0.3) is 0 Å². The lowest BCUT2D eigenvalue weighted by molar-refractivity contribution is 0.173. The molecule has 0 fully saturated rings. The van der Waals surface area contributed by atoms with Gasteiger partial charge >= 0.3 is 0 Å². The number of hydrogen-bond donors (Lipinski definition) is 0. The Bertz CT molecular complexity index is 352. The maximum Gasteiger partial charge on any atom is 0.231 e. The van der Waals surface area contributed by atoms with Crippen molar-refractivity contribution in [1.82, 2.24) is 0 Å². The van der Waals surface area contributed by atoms with Gasteiger partial charge < -0.3 is 14.2 Å². The van der Waals surface area contributed by atoms with Gasteiger partial charge in [-0.2, -0.15) is 0 Å². The first-order valence-electron chi connectivity index (χ1n) is 5.07. The second-order valence-corrected chi connectivity index (χ2v) is 4.86. The zero-order valence-electron chi connectivity index (χ0n) is 9.37. The van der Waals surface area contributed by atoms with Crippen molar-refractivity contribution in [3.05, 3.63) is 18.2 Å². The summed E-state index contributed by atoms with van der Waals surface area (Å²) in [5, 5.41) is 0. The number of fused-ring (bicyclic) bond motifs is 1. The fourth-order valence-corrected chi connectivity index (χ4v) is 1.27. The van der Waals surface area contributed by atoms with Crippen LogP contribution in [0, 0.1) is 5.41 Å². The molecule has 0 unspecified atom stereocenters. The minimum Gasteiger partial charge on any atom is -0.493 e. The largest absolute Gasteiger partial charge is 0.493 e. The Kier molecular flexibility index (Phi) is 2.47. The Labute approximate surface area is 90.0 Å². The maximum atomic E-state index is 5.66. The van der Waals surface area contributed by atoms with Crippen LogP contribution >= 0.6 is 0 Å². The number of benzene rings is 1. The summed E-state index contributed by atoms with van der Waals surface area (Å²) < 4.78 is 16.2. The van der Waals surface area contributed by atoms with E-state index in [1.807, 2.05) is 18.2 Å². The zero-order chi connectivity index (χ0) is 10.9. The van der Waals surface area contributed by atoms with Crippen molar-refractivity contribution in [1.29, 1.82) is 0 Å². The van der Waals surface area contributed by atoms with Crippen LogP contribution in [0.4, 0.5) is 0 Å². The monoisotopic (exact) mass is 208 g/mol. The van der Waals surface area contributed by atoms with Gasteiger partial charge in [-0.3, -0.25) is 0 Å². The van der Waals surface area contributed by atoms with E-state index < -0.39 is 0 Å². The third kappa shape index (κ3) is 2.55. The molecule has 3 nitrogen and oxygen atoms in total. The first kappa shape index (κ1) is 10.1. The molecule has 1 heterocycles. The van der Waals surface area contributed by atoms with Gasteiger partial charge in [-0.1, -0.05) is 20.8 Å². The summed E-state index contributed by atoms with van der Waals surface area (Å²) in [4.78, 5) is 0. The molecular weight excluding hydrogens is 192 g/mol. The van der Waals surface area contributed by atoms with Crippen LogP contribution in [0.5, 0.6) is 17.2 Å². The van der Waals surface area contributed by atoms with E-state index in [1.165, 1.54) is 0 Å². The molecule has 15 heavy (non-hydrogen) atoms. The zero-order valence-corrected chi connectivity index (χ0v) is 9.37. The second kappa shape index (κ2) is 3.65. The van der Waals surface area contributed by atoms with Gasteiger partial charge in [-0.05, 0) is 17.5 Å². The molecule has 82 valence electrons. The Morgan fingerprint density at radius 2 is 1.93 bits per heavy atom. The van der Waals surface area contributed by atoms with E-state index in [2.05, 4.69) is 20.8 Å². The highest BCUT2D eigenvalue weighted by Gasteiger charge is 2.15. The topological polar surface area (TPSA) is 27.7 Å². The third-order valence-corrected chi connectivity index (χ3v) is 2.02. The minimum atomic E-state index is 0.163. The van der Waals surface area contributed by atoms with E-state index in [1.54, 1.807) is 0 Å². The highest BCUT2D eigenvalue weighted by Crippen LogP contribution is 2.35. The van der Waals surface area contributed by atoms with E-state index in [-0.39, 0.29) is 5.41 Å². The van der Waals surface area contributed by atoms with Crippen molar-refractivity contribution in [2.75, 3.05) is 13.4 Å². The molecule has 0 spiro atoms.